The normalized spacial score (nSPS) is 10.8. The molecule has 10 nitrogen and oxygen atoms in total. The third kappa shape index (κ3) is 7.14. The van der Waals surface area contributed by atoms with Crippen molar-refractivity contribution in [3.8, 4) is 5.75 Å². The van der Waals surface area contributed by atoms with Crippen LogP contribution in [0.25, 0.3) is 0 Å². The fraction of sp³-hybridized carbons (Fsp3) is 0.160. The summed E-state index contributed by atoms with van der Waals surface area (Å²) in [7, 11) is -2.47. The second-order valence-electron chi connectivity index (χ2n) is 7.35. The van der Waals surface area contributed by atoms with Crippen LogP contribution in [0, 0.1) is 0 Å². The van der Waals surface area contributed by atoms with E-state index in [9.17, 15) is 22.8 Å². The molecule has 3 aromatic carbocycles. The van der Waals surface area contributed by atoms with Gasteiger partial charge in [0.05, 0.1) is 17.1 Å². The van der Waals surface area contributed by atoms with Gasteiger partial charge in [-0.05, 0) is 80.7 Å². The Hall–Kier alpha value is -4.22. The van der Waals surface area contributed by atoms with Gasteiger partial charge in [0.1, 0.15) is 5.75 Å². The highest BCUT2D eigenvalue weighted by Gasteiger charge is 2.16. The van der Waals surface area contributed by atoms with Crippen molar-refractivity contribution >= 4 is 39.2 Å². The van der Waals surface area contributed by atoms with Crippen molar-refractivity contribution < 1.29 is 32.3 Å². The number of hydrogen-bond acceptors (Lipinski definition) is 7. The highest BCUT2D eigenvalue weighted by atomic mass is 32.2. The highest BCUT2D eigenvalue weighted by molar-refractivity contribution is 7.89. The first-order chi connectivity index (χ1) is 17.2. The number of rotatable bonds is 10. The lowest BCUT2D eigenvalue weighted by molar-refractivity contribution is -0.119. The molecule has 0 aliphatic rings. The zero-order chi connectivity index (χ0) is 26.1. The van der Waals surface area contributed by atoms with Crippen LogP contribution in [0.1, 0.15) is 27.6 Å². The van der Waals surface area contributed by atoms with Crippen LogP contribution in [0.2, 0.25) is 0 Å². The second kappa shape index (κ2) is 12.0. The number of esters is 1. The maximum Gasteiger partial charge on any atom is 0.338 e. The molecule has 11 heteroatoms. The first-order valence-corrected chi connectivity index (χ1v) is 12.3. The van der Waals surface area contributed by atoms with E-state index in [1.807, 2.05) is 6.92 Å². The summed E-state index contributed by atoms with van der Waals surface area (Å²) in [5.74, 6) is -1.07. The van der Waals surface area contributed by atoms with Crippen molar-refractivity contribution in [2.75, 3.05) is 30.9 Å². The van der Waals surface area contributed by atoms with Gasteiger partial charge in [-0.1, -0.05) is 6.07 Å². The van der Waals surface area contributed by atoms with E-state index in [0.29, 0.717) is 29.3 Å². The van der Waals surface area contributed by atoms with Crippen molar-refractivity contribution in [1.82, 2.24) is 4.72 Å². The van der Waals surface area contributed by atoms with Crippen LogP contribution in [0.15, 0.2) is 77.7 Å². The zero-order valence-corrected chi connectivity index (χ0v) is 20.4. The van der Waals surface area contributed by atoms with Crippen LogP contribution in [-0.4, -0.2) is 46.5 Å². The summed E-state index contributed by atoms with van der Waals surface area (Å²) in [6.45, 7) is 1.85. The van der Waals surface area contributed by atoms with E-state index in [2.05, 4.69) is 15.4 Å². The van der Waals surface area contributed by atoms with Crippen molar-refractivity contribution in [2.45, 2.75) is 11.8 Å². The monoisotopic (exact) mass is 511 g/mol. The van der Waals surface area contributed by atoms with Crippen LogP contribution < -0.4 is 20.1 Å². The fourth-order valence-electron chi connectivity index (χ4n) is 3.03. The minimum Gasteiger partial charge on any atom is -0.494 e. The number of benzene rings is 3. The molecule has 36 heavy (non-hydrogen) atoms. The van der Waals surface area contributed by atoms with E-state index < -0.39 is 28.5 Å². The lowest BCUT2D eigenvalue weighted by atomic mass is 10.2. The molecule has 188 valence electrons. The van der Waals surface area contributed by atoms with Gasteiger partial charge >= 0.3 is 5.97 Å². The second-order valence-corrected chi connectivity index (χ2v) is 9.24. The topological polar surface area (TPSA) is 140 Å². The maximum absolute atomic E-state index is 12.4. The minimum absolute atomic E-state index is 0.0120. The van der Waals surface area contributed by atoms with Crippen molar-refractivity contribution in [3.63, 3.8) is 0 Å². The third-order valence-corrected chi connectivity index (χ3v) is 6.25. The van der Waals surface area contributed by atoms with Gasteiger partial charge in [-0.2, -0.15) is 0 Å². The Morgan fingerprint density at radius 1 is 0.833 bits per heavy atom. The predicted molar refractivity (Wildman–Crippen MR) is 134 cm³/mol. The molecule has 0 heterocycles. The summed E-state index contributed by atoms with van der Waals surface area (Å²) in [5, 5.41) is 5.33. The molecule has 0 unspecified atom stereocenters. The molecule has 0 bridgehead atoms. The number of hydrogen-bond donors (Lipinski definition) is 3. The molecule has 0 spiro atoms. The Balaban J connectivity index is 1.51. The third-order valence-electron chi connectivity index (χ3n) is 4.84. The van der Waals surface area contributed by atoms with Gasteiger partial charge in [0.2, 0.25) is 10.0 Å². The summed E-state index contributed by atoms with van der Waals surface area (Å²) in [4.78, 5) is 36.7. The van der Waals surface area contributed by atoms with E-state index in [1.165, 1.54) is 25.2 Å². The fourth-order valence-corrected chi connectivity index (χ4v) is 3.80. The van der Waals surface area contributed by atoms with Gasteiger partial charge in [0.15, 0.2) is 6.61 Å². The number of anilines is 2. The van der Waals surface area contributed by atoms with Crippen molar-refractivity contribution in [3.05, 3.63) is 83.9 Å². The zero-order valence-electron chi connectivity index (χ0n) is 19.6. The lowest BCUT2D eigenvalue weighted by Crippen LogP contribution is -2.22. The Morgan fingerprint density at radius 3 is 2.11 bits per heavy atom. The Kier molecular flexibility index (Phi) is 8.76. The van der Waals surface area contributed by atoms with Crippen molar-refractivity contribution in [1.29, 1.82) is 0 Å². The summed E-state index contributed by atoms with van der Waals surface area (Å²) in [6.07, 6.45) is 0. The van der Waals surface area contributed by atoms with E-state index in [1.54, 1.807) is 48.5 Å². The highest BCUT2D eigenvalue weighted by Crippen LogP contribution is 2.17. The van der Waals surface area contributed by atoms with Crippen LogP contribution in [0.3, 0.4) is 0 Å². The quantitative estimate of drug-likeness (QED) is 0.356. The minimum atomic E-state index is -3.73. The Morgan fingerprint density at radius 2 is 1.47 bits per heavy atom. The van der Waals surface area contributed by atoms with E-state index in [4.69, 9.17) is 9.47 Å². The molecular formula is C25H25N3O7S. The Bertz CT molecular complexity index is 1340. The van der Waals surface area contributed by atoms with Crippen LogP contribution in [-0.2, 0) is 19.6 Å². The van der Waals surface area contributed by atoms with Crippen molar-refractivity contribution in [2.24, 2.45) is 0 Å². The van der Waals surface area contributed by atoms with Crippen LogP contribution in [0.4, 0.5) is 11.4 Å². The van der Waals surface area contributed by atoms with Gasteiger partial charge in [-0.3, -0.25) is 9.59 Å². The molecule has 0 radical (unpaired) electrons. The number of nitrogens with one attached hydrogen (secondary N) is 3. The first-order valence-electron chi connectivity index (χ1n) is 10.9. The summed E-state index contributed by atoms with van der Waals surface area (Å²) < 4.78 is 36.3. The van der Waals surface area contributed by atoms with Crippen LogP contribution in [0.5, 0.6) is 5.75 Å². The molecule has 0 fully saturated rings. The average Bonchev–Trinajstić information content (AvgIpc) is 2.89. The summed E-state index contributed by atoms with van der Waals surface area (Å²) >= 11 is 0. The van der Waals surface area contributed by atoms with E-state index in [-0.39, 0.29) is 16.4 Å². The molecule has 3 N–H and O–H groups in total. The van der Waals surface area contributed by atoms with Gasteiger partial charge in [-0.15, -0.1) is 0 Å². The molecule has 3 rings (SSSR count). The van der Waals surface area contributed by atoms with Gasteiger partial charge in [0.25, 0.3) is 11.8 Å². The number of amides is 2. The smallest absolute Gasteiger partial charge is 0.338 e. The van der Waals surface area contributed by atoms with Gasteiger partial charge < -0.3 is 20.1 Å². The molecule has 0 atom stereocenters. The average molecular weight is 512 g/mol. The molecule has 0 aliphatic heterocycles. The Labute approximate surface area is 208 Å². The SMILES string of the molecule is CCOc1ccc(NC(=O)c2ccc(NC(=O)COC(=O)c3cccc(S(=O)(=O)NC)c3)cc2)cc1. The van der Waals surface area contributed by atoms with Crippen LogP contribution >= 0.6 is 0 Å². The molecule has 0 aromatic heterocycles. The van der Waals surface area contributed by atoms with Gasteiger partial charge in [-0.25, -0.2) is 17.9 Å². The summed E-state index contributed by atoms with van der Waals surface area (Å²) in [5.41, 5.74) is 1.37. The summed E-state index contributed by atoms with van der Waals surface area (Å²) in [6, 6.07) is 18.4. The molecule has 0 saturated carbocycles. The molecule has 2 amide bonds. The molecule has 0 aliphatic carbocycles. The van der Waals surface area contributed by atoms with E-state index >= 15 is 0 Å². The standard InChI is InChI=1S/C25H25N3O7S/c1-3-34-21-13-11-20(12-14-21)28-24(30)17-7-9-19(10-8-17)27-23(29)16-35-25(31)18-5-4-6-22(15-18)36(32,33)26-2/h4-15,26H,3,16H2,1-2H3,(H,27,29)(H,28,30). The lowest BCUT2D eigenvalue weighted by Gasteiger charge is -2.09. The number of carbonyl (C=O) groups is 3. The first kappa shape index (κ1) is 26.4. The van der Waals surface area contributed by atoms with E-state index in [0.717, 1.165) is 6.07 Å². The molecule has 3 aromatic rings. The molecular weight excluding hydrogens is 486 g/mol. The number of ether oxygens (including phenoxy) is 2. The largest absolute Gasteiger partial charge is 0.494 e. The van der Waals surface area contributed by atoms with Gasteiger partial charge in [0, 0.05) is 16.9 Å². The number of sulfonamides is 1. The maximum atomic E-state index is 12.4. The number of carbonyl (C=O) groups excluding carboxylic acids is 3. The molecule has 0 saturated heterocycles. The predicted octanol–water partition coefficient (Wildman–Crippen LogP) is 3.04.